The van der Waals surface area contributed by atoms with Gasteiger partial charge in [-0.1, -0.05) is 12.1 Å². The van der Waals surface area contributed by atoms with Gasteiger partial charge in [-0.05, 0) is 25.0 Å². The van der Waals surface area contributed by atoms with Crippen LogP contribution in [0, 0.1) is 0 Å². The molecule has 2 heterocycles. The van der Waals surface area contributed by atoms with Crippen LogP contribution >= 0.6 is 0 Å². The molecule has 6 nitrogen and oxygen atoms in total. The van der Waals surface area contributed by atoms with Gasteiger partial charge in [0.2, 0.25) is 0 Å². The van der Waals surface area contributed by atoms with Gasteiger partial charge in [-0.15, -0.1) is 0 Å². The number of nitrogens with zero attached hydrogens (tertiary/aromatic N) is 3. The molecule has 22 heavy (non-hydrogen) atoms. The molecule has 0 bridgehead atoms. The molecule has 1 aromatic carbocycles. The molecule has 1 aliphatic heterocycles. The second-order valence-corrected chi connectivity index (χ2v) is 5.13. The quantitative estimate of drug-likeness (QED) is 0.934. The van der Waals surface area contributed by atoms with E-state index in [1.54, 1.807) is 7.11 Å². The molecule has 0 aliphatic carbocycles. The summed E-state index contributed by atoms with van der Waals surface area (Å²) in [6.45, 7) is 1.78. The molecule has 1 N–H and O–H groups in total. The maximum absolute atomic E-state index is 11.4. The summed E-state index contributed by atoms with van der Waals surface area (Å²) in [6.07, 6.45) is 2.19. The zero-order valence-corrected chi connectivity index (χ0v) is 12.3. The van der Waals surface area contributed by atoms with E-state index >= 15 is 0 Å². The van der Waals surface area contributed by atoms with Gasteiger partial charge in [0.25, 0.3) is 0 Å². The third-order valence-corrected chi connectivity index (χ3v) is 3.71. The van der Waals surface area contributed by atoms with Gasteiger partial charge in [-0.2, -0.15) is 0 Å². The van der Waals surface area contributed by atoms with Crippen molar-refractivity contribution in [3.05, 3.63) is 36.0 Å². The lowest BCUT2D eigenvalue weighted by molar-refractivity contribution is 0.0690. The van der Waals surface area contributed by atoms with Gasteiger partial charge >= 0.3 is 5.97 Å². The van der Waals surface area contributed by atoms with Crippen LogP contribution < -0.4 is 9.64 Å². The van der Waals surface area contributed by atoms with Gasteiger partial charge in [0, 0.05) is 19.2 Å². The Kier molecular flexibility index (Phi) is 3.91. The first-order valence-electron chi connectivity index (χ1n) is 7.20. The van der Waals surface area contributed by atoms with Crippen LogP contribution in [-0.4, -0.2) is 41.2 Å². The van der Waals surface area contributed by atoms with E-state index in [1.165, 1.54) is 6.07 Å². The van der Waals surface area contributed by atoms with Crippen molar-refractivity contribution >= 4 is 11.8 Å². The molecule has 0 radical (unpaired) electrons. The first-order chi connectivity index (χ1) is 10.7. The number of aromatic nitrogens is 2. The first kappa shape index (κ1) is 14.3. The fourth-order valence-electron chi connectivity index (χ4n) is 2.60. The van der Waals surface area contributed by atoms with Gasteiger partial charge in [0.05, 0.1) is 12.7 Å². The average Bonchev–Trinajstić information content (AvgIpc) is 3.09. The van der Waals surface area contributed by atoms with Crippen molar-refractivity contribution < 1.29 is 14.6 Å². The van der Waals surface area contributed by atoms with Gasteiger partial charge < -0.3 is 14.7 Å². The number of carboxylic acids is 1. The Morgan fingerprint density at radius 1 is 1.23 bits per heavy atom. The Morgan fingerprint density at radius 2 is 1.95 bits per heavy atom. The molecule has 0 unspecified atom stereocenters. The van der Waals surface area contributed by atoms with E-state index in [4.69, 9.17) is 4.74 Å². The predicted molar refractivity (Wildman–Crippen MR) is 82.4 cm³/mol. The monoisotopic (exact) mass is 299 g/mol. The molecular formula is C16H17N3O3. The van der Waals surface area contributed by atoms with Crippen LogP contribution in [0.3, 0.4) is 0 Å². The van der Waals surface area contributed by atoms with Crippen LogP contribution in [0.1, 0.15) is 23.3 Å². The fourth-order valence-corrected chi connectivity index (χ4v) is 2.60. The van der Waals surface area contributed by atoms with E-state index in [-0.39, 0.29) is 5.69 Å². The number of anilines is 1. The highest BCUT2D eigenvalue weighted by molar-refractivity contribution is 5.87. The van der Waals surface area contributed by atoms with Crippen molar-refractivity contribution in [1.29, 1.82) is 0 Å². The smallest absolute Gasteiger partial charge is 0.354 e. The number of para-hydroxylation sites is 1. The molecule has 1 saturated heterocycles. The third-order valence-electron chi connectivity index (χ3n) is 3.71. The standard InChI is InChI=1S/C16H17N3O3/c1-22-13-7-3-2-6-11(13)15-17-12(16(20)21)10-14(18-15)19-8-4-5-9-19/h2-3,6-7,10H,4-5,8-9H2,1H3,(H,20,21). The van der Waals surface area contributed by atoms with Gasteiger partial charge in [-0.25, -0.2) is 14.8 Å². The van der Waals surface area contributed by atoms with Crippen molar-refractivity contribution in [3.63, 3.8) is 0 Å². The van der Waals surface area contributed by atoms with Gasteiger partial charge in [-0.3, -0.25) is 0 Å². The number of methoxy groups -OCH3 is 1. The molecule has 114 valence electrons. The molecule has 1 aliphatic rings. The van der Waals surface area contributed by atoms with Crippen molar-refractivity contribution in [2.75, 3.05) is 25.1 Å². The topological polar surface area (TPSA) is 75.6 Å². The Bertz CT molecular complexity index is 697. The molecule has 1 fully saturated rings. The van der Waals surface area contributed by atoms with E-state index in [1.807, 2.05) is 24.3 Å². The minimum atomic E-state index is -1.06. The first-order valence-corrected chi connectivity index (χ1v) is 7.20. The second-order valence-electron chi connectivity index (χ2n) is 5.13. The SMILES string of the molecule is COc1ccccc1-c1nc(C(=O)O)cc(N2CCCC2)n1. The summed E-state index contributed by atoms with van der Waals surface area (Å²) < 4.78 is 5.32. The van der Waals surface area contributed by atoms with Crippen LogP contribution in [0.2, 0.25) is 0 Å². The Balaban J connectivity index is 2.11. The lowest BCUT2D eigenvalue weighted by Crippen LogP contribution is -2.20. The van der Waals surface area contributed by atoms with Crippen LogP contribution in [0.5, 0.6) is 5.75 Å². The average molecular weight is 299 g/mol. The molecule has 0 amide bonds. The number of ether oxygens (including phenoxy) is 1. The summed E-state index contributed by atoms with van der Waals surface area (Å²) in [7, 11) is 1.57. The largest absolute Gasteiger partial charge is 0.496 e. The van der Waals surface area contributed by atoms with Gasteiger partial charge in [0.15, 0.2) is 11.5 Å². The van der Waals surface area contributed by atoms with Crippen LogP contribution in [-0.2, 0) is 0 Å². The highest BCUT2D eigenvalue weighted by Gasteiger charge is 2.19. The van der Waals surface area contributed by atoms with E-state index < -0.39 is 5.97 Å². The highest BCUT2D eigenvalue weighted by atomic mass is 16.5. The molecule has 6 heteroatoms. The predicted octanol–water partition coefficient (Wildman–Crippen LogP) is 2.45. The van der Waals surface area contributed by atoms with Crippen LogP contribution in [0.25, 0.3) is 11.4 Å². The summed E-state index contributed by atoms with van der Waals surface area (Å²) in [5.41, 5.74) is 0.686. The summed E-state index contributed by atoms with van der Waals surface area (Å²) >= 11 is 0. The minimum absolute atomic E-state index is 0.00203. The number of hydrogen-bond acceptors (Lipinski definition) is 5. The number of carboxylic acid groups (broad SMARTS) is 1. The molecular weight excluding hydrogens is 282 g/mol. The zero-order chi connectivity index (χ0) is 15.5. The molecule has 0 spiro atoms. The molecule has 2 aromatic rings. The summed E-state index contributed by atoms with van der Waals surface area (Å²) in [5.74, 6) is 0.599. The third kappa shape index (κ3) is 2.72. The minimum Gasteiger partial charge on any atom is -0.496 e. The number of benzene rings is 1. The normalized spacial score (nSPS) is 14.1. The number of rotatable bonds is 4. The molecule has 3 rings (SSSR count). The highest BCUT2D eigenvalue weighted by Crippen LogP contribution is 2.29. The van der Waals surface area contributed by atoms with Crippen LogP contribution in [0.15, 0.2) is 30.3 Å². The van der Waals surface area contributed by atoms with Gasteiger partial charge in [0.1, 0.15) is 11.6 Å². The van der Waals surface area contributed by atoms with Crippen LogP contribution in [0.4, 0.5) is 5.82 Å². The van der Waals surface area contributed by atoms with E-state index in [2.05, 4.69) is 14.9 Å². The van der Waals surface area contributed by atoms with E-state index in [0.717, 1.165) is 25.9 Å². The van der Waals surface area contributed by atoms with Crippen molar-refractivity contribution in [2.24, 2.45) is 0 Å². The summed E-state index contributed by atoms with van der Waals surface area (Å²) in [4.78, 5) is 22.2. The lowest BCUT2D eigenvalue weighted by Gasteiger charge is -2.18. The maximum Gasteiger partial charge on any atom is 0.354 e. The molecule has 0 saturated carbocycles. The molecule has 0 atom stereocenters. The summed E-state index contributed by atoms with van der Waals surface area (Å²) in [5, 5.41) is 9.31. The van der Waals surface area contributed by atoms with Crippen molar-refractivity contribution in [1.82, 2.24) is 9.97 Å². The van der Waals surface area contributed by atoms with Crippen molar-refractivity contribution in [2.45, 2.75) is 12.8 Å². The Labute approximate surface area is 128 Å². The van der Waals surface area contributed by atoms with Crippen molar-refractivity contribution in [3.8, 4) is 17.1 Å². The zero-order valence-electron chi connectivity index (χ0n) is 12.3. The lowest BCUT2D eigenvalue weighted by atomic mass is 10.2. The summed E-state index contributed by atoms with van der Waals surface area (Å²) in [6, 6.07) is 8.87. The second kappa shape index (κ2) is 6.01. The van der Waals surface area contributed by atoms with E-state index in [0.29, 0.717) is 23.0 Å². The fraction of sp³-hybridized carbons (Fsp3) is 0.312. The number of hydrogen-bond donors (Lipinski definition) is 1. The number of carbonyl (C=O) groups is 1. The Hall–Kier alpha value is -2.63. The number of aromatic carboxylic acids is 1. The van der Waals surface area contributed by atoms with E-state index in [9.17, 15) is 9.90 Å². The Morgan fingerprint density at radius 3 is 2.64 bits per heavy atom. The molecule has 1 aromatic heterocycles. The maximum atomic E-state index is 11.4.